The van der Waals surface area contributed by atoms with Gasteiger partial charge >= 0.3 is 0 Å². The molecule has 0 saturated heterocycles. The Kier molecular flexibility index (Phi) is 6.04. The van der Waals surface area contributed by atoms with E-state index in [-0.39, 0.29) is 12.0 Å². The Morgan fingerprint density at radius 2 is 1.95 bits per heavy atom. The summed E-state index contributed by atoms with van der Waals surface area (Å²) in [4.78, 5) is 4.47. The molecule has 1 N–H and O–H groups in total. The first kappa shape index (κ1) is 16.3. The fraction of sp³-hybridized carbons (Fsp3) is 0.353. The van der Waals surface area contributed by atoms with Crippen molar-refractivity contribution in [3.63, 3.8) is 0 Å². The minimum atomic E-state index is 0.162. The molecule has 2 rings (SSSR count). The molecule has 1 aromatic heterocycles. The molecule has 2 atom stereocenters. The van der Waals surface area contributed by atoms with E-state index in [1.54, 1.807) is 0 Å². The maximum Gasteiger partial charge on any atom is 0.0595 e. The van der Waals surface area contributed by atoms with Crippen molar-refractivity contribution in [2.24, 2.45) is 0 Å². The fourth-order valence-corrected chi connectivity index (χ4v) is 2.71. The molecular formula is C17H20Cl2N2. The molecule has 4 heteroatoms. The highest BCUT2D eigenvalue weighted by atomic mass is 35.5. The Morgan fingerprint density at radius 3 is 2.57 bits per heavy atom. The summed E-state index contributed by atoms with van der Waals surface area (Å²) < 4.78 is 0. The fourth-order valence-electron chi connectivity index (χ4n) is 2.41. The topological polar surface area (TPSA) is 24.9 Å². The molecule has 0 aliphatic rings. The Hall–Kier alpha value is -1.09. The van der Waals surface area contributed by atoms with Gasteiger partial charge in [-0.2, -0.15) is 0 Å². The lowest BCUT2D eigenvalue weighted by Gasteiger charge is -2.25. The first-order chi connectivity index (χ1) is 10.1. The normalized spacial score (nSPS) is 13.9. The van der Waals surface area contributed by atoms with Gasteiger partial charge in [0.05, 0.1) is 10.0 Å². The zero-order valence-corrected chi connectivity index (χ0v) is 13.8. The summed E-state index contributed by atoms with van der Waals surface area (Å²) >= 11 is 12.2. The molecule has 1 heterocycles. The van der Waals surface area contributed by atoms with Crippen molar-refractivity contribution in [1.29, 1.82) is 0 Å². The second-order valence-electron chi connectivity index (χ2n) is 5.15. The van der Waals surface area contributed by atoms with Gasteiger partial charge in [-0.05, 0) is 42.8 Å². The van der Waals surface area contributed by atoms with Crippen molar-refractivity contribution < 1.29 is 0 Å². The van der Waals surface area contributed by atoms with Crippen LogP contribution in [0.4, 0.5) is 0 Å². The van der Waals surface area contributed by atoms with Crippen LogP contribution >= 0.6 is 23.2 Å². The van der Waals surface area contributed by atoms with Gasteiger partial charge in [-0.15, -0.1) is 0 Å². The highest BCUT2D eigenvalue weighted by Crippen LogP contribution is 2.33. The van der Waals surface area contributed by atoms with E-state index in [1.807, 2.05) is 36.5 Å². The maximum absolute atomic E-state index is 6.17. The number of pyridine rings is 1. The molecule has 0 saturated carbocycles. The second kappa shape index (κ2) is 7.79. The SMILES string of the molecule is CCCNC(c1ccc(Cl)c(Cl)c1)C(C)c1ccccn1. The highest BCUT2D eigenvalue weighted by Gasteiger charge is 2.21. The molecule has 0 radical (unpaired) electrons. The number of nitrogens with one attached hydrogen (secondary N) is 1. The molecule has 0 amide bonds. The molecule has 2 aromatic rings. The molecule has 0 bridgehead atoms. The molecule has 0 aliphatic heterocycles. The summed E-state index contributed by atoms with van der Waals surface area (Å²) in [5, 5.41) is 4.76. The number of halogens is 2. The van der Waals surface area contributed by atoms with Gasteiger partial charge in [0.1, 0.15) is 0 Å². The Morgan fingerprint density at radius 1 is 1.14 bits per heavy atom. The van der Waals surface area contributed by atoms with Crippen LogP contribution in [-0.4, -0.2) is 11.5 Å². The quantitative estimate of drug-likeness (QED) is 0.787. The lowest BCUT2D eigenvalue weighted by Crippen LogP contribution is -2.27. The molecule has 2 unspecified atom stereocenters. The van der Waals surface area contributed by atoms with E-state index < -0.39 is 0 Å². The minimum Gasteiger partial charge on any atom is -0.309 e. The second-order valence-corrected chi connectivity index (χ2v) is 5.96. The van der Waals surface area contributed by atoms with Crippen LogP contribution in [0.15, 0.2) is 42.6 Å². The lowest BCUT2D eigenvalue weighted by atomic mass is 9.91. The van der Waals surface area contributed by atoms with Crippen LogP contribution in [0.1, 0.15) is 43.5 Å². The monoisotopic (exact) mass is 322 g/mol. The van der Waals surface area contributed by atoms with Crippen molar-refractivity contribution >= 4 is 23.2 Å². The molecule has 0 fully saturated rings. The third-order valence-corrected chi connectivity index (χ3v) is 4.31. The smallest absolute Gasteiger partial charge is 0.0595 e. The Balaban J connectivity index is 2.31. The van der Waals surface area contributed by atoms with Gasteiger partial charge in [-0.25, -0.2) is 0 Å². The molecule has 21 heavy (non-hydrogen) atoms. The summed E-state index contributed by atoms with van der Waals surface area (Å²) in [6, 6.07) is 12.0. The number of hydrogen-bond acceptors (Lipinski definition) is 2. The van der Waals surface area contributed by atoms with Crippen molar-refractivity contribution in [2.45, 2.75) is 32.2 Å². The van der Waals surface area contributed by atoms with Crippen molar-refractivity contribution in [1.82, 2.24) is 10.3 Å². The highest BCUT2D eigenvalue weighted by molar-refractivity contribution is 6.42. The number of aromatic nitrogens is 1. The van der Waals surface area contributed by atoms with E-state index >= 15 is 0 Å². The van der Waals surface area contributed by atoms with Gasteiger partial charge in [0.15, 0.2) is 0 Å². The molecular weight excluding hydrogens is 303 g/mol. The van der Waals surface area contributed by atoms with Gasteiger partial charge in [0.25, 0.3) is 0 Å². The van der Waals surface area contributed by atoms with Gasteiger partial charge in [-0.1, -0.05) is 49.2 Å². The zero-order valence-electron chi connectivity index (χ0n) is 12.3. The van der Waals surface area contributed by atoms with Crippen LogP contribution in [0.5, 0.6) is 0 Å². The average Bonchev–Trinajstić information content (AvgIpc) is 2.51. The van der Waals surface area contributed by atoms with E-state index in [1.165, 1.54) is 0 Å². The van der Waals surface area contributed by atoms with Crippen molar-refractivity contribution in [3.8, 4) is 0 Å². The molecule has 0 aliphatic carbocycles. The summed E-state index contributed by atoms with van der Waals surface area (Å²) in [6.07, 6.45) is 2.91. The summed E-state index contributed by atoms with van der Waals surface area (Å²) in [5.74, 6) is 0.245. The van der Waals surface area contributed by atoms with E-state index in [2.05, 4.69) is 30.2 Å². The predicted molar refractivity (Wildman–Crippen MR) is 90.1 cm³/mol. The number of nitrogens with zero attached hydrogens (tertiary/aromatic N) is 1. The standard InChI is InChI=1S/C17H20Cl2N2/c1-3-9-21-17(12(2)16-6-4-5-10-20-16)13-7-8-14(18)15(19)11-13/h4-8,10-12,17,21H,3,9H2,1-2H3. The van der Waals surface area contributed by atoms with E-state index in [4.69, 9.17) is 23.2 Å². The van der Waals surface area contributed by atoms with E-state index in [0.29, 0.717) is 10.0 Å². The summed E-state index contributed by atoms with van der Waals surface area (Å²) in [5.41, 5.74) is 2.20. The van der Waals surface area contributed by atoms with Gasteiger partial charge in [0, 0.05) is 23.9 Å². The average molecular weight is 323 g/mol. The van der Waals surface area contributed by atoms with Gasteiger partial charge < -0.3 is 5.32 Å². The maximum atomic E-state index is 6.17. The first-order valence-corrected chi connectivity index (χ1v) is 7.98. The lowest BCUT2D eigenvalue weighted by molar-refractivity contribution is 0.460. The molecule has 1 aromatic carbocycles. The van der Waals surface area contributed by atoms with Crippen LogP contribution in [0.25, 0.3) is 0 Å². The summed E-state index contributed by atoms with van der Waals surface area (Å²) in [6.45, 7) is 5.28. The van der Waals surface area contributed by atoms with E-state index in [9.17, 15) is 0 Å². The number of benzene rings is 1. The van der Waals surface area contributed by atoms with Crippen molar-refractivity contribution in [2.75, 3.05) is 6.54 Å². The van der Waals surface area contributed by atoms with Crippen LogP contribution in [0.3, 0.4) is 0 Å². The van der Waals surface area contributed by atoms with Gasteiger partial charge in [-0.3, -0.25) is 4.98 Å². The minimum absolute atomic E-state index is 0.162. The summed E-state index contributed by atoms with van der Waals surface area (Å²) in [7, 11) is 0. The first-order valence-electron chi connectivity index (χ1n) is 7.22. The molecule has 112 valence electrons. The number of rotatable bonds is 6. The zero-order chi connectivity index (χ0) is 15.2. The number of hydrogen-bond donors (Lipinski definition) is 1. The van der Waals surface area contributed by atoms with Crippen LogP contribution in [0.2, 0.25) is 10.0 Å². The van der Waals surface area contributed by atoms with Crippen LogP contribution < -0.4 is 5.32 Å². The Bertz CT molecular complexity index is 572. The third-order valence-electron chi connectivity index (χ3n) is 3.57. The predicted octanol–water partition coefficient (Wildman–Crippen LogP) is 5.23. The van der Waals surface area contributed by atoms with Crippen LogP contribution in [-0.2, 0) is 0 Å². The van der Waals surface area contributed by atoms with E-state index in [0.717, 1.165) is 24.2 Å². The molecule has 2 nitrogen and oxygen atoms in total. The van der Waals surface area contributed by atoms with Crippen LogP contribution in [0, 0.1) is 0 Å². The van der Waals surface area contributed by atoms with Crippen molar-refractivity contribution in [3.05, 3.63) is 63.9 Å². The molecule has 0 spiro atoms. The van der Waals surface area contributed by atoms with Gasteiger partial charge in [0.2, 0.25) is 0 Å². The Labute approximate surface area is 136 Å². The third kappa shape index (κ3) is 4.19. The largest absolute Gasteiger partial charge is 0.309 e.